The molecule has 0 aromatic heterocycles. The molecule has 1 amide bonds. The third-order valence-electron chi connectivity index (χ3n) is 4.25. The van der Waals surface area contributed by atoms with Gasteiger partial charge in [0, 0.05) is 12.6 Å². The van der Waals surface area contributed by atoms with E-state index < -0.39 is 11.0 Å². The number of aryl methyl sites for hydroxylation is 1. The lowest BCUT2D eigenvalue weighted by atomic mass is 10.1. The quantitative estimate of drug-likeness (QED) is 0.607. The van der Waals surface area contributed by atoms with Gasteiger partial charge in [-0.2, -0.15) is 0 Å². The lowest BCUT2D eigenvalue weighted by Gasteiger charge is -2.24. The summed E-state index contributed by atoms with van der Waals surface area (Å²) in [6.07, 6.45) is 0. The molecule has 26 heavy (non-hydrogen) atoms. The number of likely N-dealkylation sites (N-methyl/N-ethyl adjacent to an activating group) is 1. The Hall–Kier alpha value is -2.93. The van der Waals surface area contributed by atoms with Crippen LogP contribution in [-0.4, -0.2) is 35.9 Å². The van der Waals surface area contributed by atoms with Gasteiger partial charge in [0.05, 0.1) is 29.8 Å². The number of nitrogens with one attached hydrogen (secondary N) is 1. The van der Waals surface area contributed by atoms with Crippen LogP contribution in [0.1, 0.15) is 18.1 Å². The van der Waals surface area contributed by atoms with E-state index in [0.717, 1.165) is 5.56 Å². The van der Waals surface area contributed by atoms with Crippen molar-refractivity contribution in [3.8, 4) is 5.75 Å². The lowest BCUT2D eigenvalue weighted by Crippen LogP contribution is -2.39. The molecule has 2 rings (SSSR count). The number of non-ortho nitro benzene ring substituents is 1. The fraction of sp³-hybridized carbons (Fsp3) is 0.316. The summed E-state index contributed by atoms with van der Waals surface area (Å²) >= 11 is 0. The average molecular weight is 357 g/mol. The summed E-state index contributed by atoms with van der Waals surface area (Å²) in [4.78, 5) is 24.8. The fourth-order valence-electron chi connectivity index (χ4n) is 2.45. The van der Waals surface area contributed by atoms with Gasteiger partial charge in [0.2, 0.25) is 5.91 Å². The largest absolute Gasteiger partial charge is 0.494 e. The number of hydrogen-bond donors (Lipinski definition) is 1. The number of rotatable bonds is 7. The highest BCUT2D eigenvalue weighted by Gasteiger charge is 2.20. The topological polar surface area (TPSA) is 84.7 Å². The number of benzene rings is 2. The van der Waals surface area contributed by atoms with Gasteiger partial charge >= 0.3 is 0 Å². The van der Waals surface area contributed by atoms with Crippen molar-refractivity contribution in [1.29, 1.82) is 0 Å². The zero-order chi connectivity index (χ0) is 19.3. The second-order valence-electron chi connectivity index (χ2n) is 6.21. The smallest absolute Gasteiger partial charge is 0.273 e. The van der Waals surface area contributed by atoms with Gasteiger partial charge in [-0.25, -0.2) is 0 Å². The van der Waals surface area contributed by atoms with Crippen LogP contribution in [0, 0.1) is 17.0 Å². The first-order valence-electron chi connectivity index (χ1n) is 8.21. The number of nitro benzene ring substituents is 1. The maximum absolute atomic E-state index is 12.5. The van der Waals surface area contributed by atoms with E-state index in [2.05, 4.69) is 5.32 Å². The van der Waals surface area contributed by atoms with Crippen LogP contribution in [0.5, 0.6) is 5.75 Å². The zero-order valence-electron chi connectivity index (χ0n) is 15.4. The number of carbonyl (C=O) groups excluding carboxylic acids is 1. The van der Waals surface area contributed by atoms with Crippen LogP contribution in [0.4, 0.5) is 11.4 Å². The minimum absolute atomic E-state index is 0.0932. The van der Waals surface area contributed by atoms with Crippen molar-refractivity contribution in [2.24, 2.45) is 0 Å². The Morgan fingerprint density at radius 1 is 1.27 bits per heavy atom. The molecule has 0 spiro atoms. The van der Waals surface area contributed by atoms with Gasteiger partial charge in [-0.05, 0) is 32.5 Å². The van der Waals surface area contributed by atoms with Crippen molar-refractivity contribution in [3.63, 3.8) is 0 Å². The van der Waals surface area contributed by atoms with E-state index >= 15 is 0 Å². The molecule has 1 N–H and O–H groups in total. The van der Waals surface area contributed by atoms with Crippen molar-refractivity contribution in [3.05, 3.63) is 63.7 Å². The van der Waals surface area contributed by atoms with Crippen molar-refractivity contribution >= 4 is 17.3 Å². The number of nitrogens with zero attached hydrogens (tertiary/aromatic N) is 2. The molecule has 0 bridgehead atoms. The summed E-state index contributed by atoms with van der Waals surface area (Å²) < 4.78 is 5.15. The van der Waals surface area contributed by atoms with E-state index in [1.807, 2.05) is 43.1 Å². The van der Waals surface area contributed by atoms with Crippen LogP contribution in [0.25, 0.3) is 0 Å². The second-order valence-corrected chi connectivity index (χ2v) is 6.21. The molecule has 138 valence electrons. The Bertz CT molecular complexity index is 790. The maximum Gasteiger partial charge on any atom is 0.273 e. The Labute approximate surface area is 152 Å². The summed E-state index contributed by atoms with van der Waals surface area (Å²) in [6, 6.07) is 11.9. The summed E-state index contributed by atoms with van der Waals surface area (Å²) in [7, 11) is 3.28. The lowest BCUT2D eigenvalue weighted by molar-refractivity contribution is -0.384. The Kier molecular flexibility index (Phi) is 6.30. The molecule has 0 aliphatic heterocycles. The molecule has 0 fully saturated rings. The number of ether oxygens (including phenoxy) is 1. The van der Waals surface area contributed by atoms with Gasteiger partial charge in [-0.3, -0.25) is 19.8 Å². The van der Waals surface area contributed by atoms with Crippen LogP contribution < -0.4 is 10.1 Å². The number of nitro groups is 1. The van der Waals surface area contributed by atoms with E-state index in [1.165, 1.54) is 30.9 Å². The molecule has 2 aromatic rings. The third-order valence-corrected chi connectivity index (χ3v) is 4.25. The highest BCUT2D eigenvalue weighted by Crippen LogP contribution is 2.29. The van der Waals surface area contributed by atoms with E-state index in [4.69, 9.17) is 4.74 Å². The first-order valence-corrected chi connectivity index (χ1v) is 8.21. The van der Waals surface area contributed by atoms with Gasteiger partial charge in [-0.15, -0.1) is 0 Å². The summed E-state index contributed by atoms with van der Waals surface area (Å²) in [5.74, 6) is 0.0349. The number of carbonyl (C=O) groups is 1. The van der Waals surface area contributed by atoms with Crippen LogP contribution >= 0.6 is 0 Å². The maximum atomic E-state index is 12.5. The van der Waals surface area contributed by atoms with Gasteiger partial charge in [-0.1, -0.05) is 29.8 Å². The molecule has 2 aromatic carbocycles. The molecule has 0 aliphatic rings. The predicted molar refractivity (Wildman–Crippen MR) is 100 cm³/mol. The molecule has 1 atom stereocenters. The first-order chi connectivity index (χ1) is 12.3. The Morgan fingerprint density at radius 3 is 2.50 bits per heavy atom. The highest BCUT2D eigenvalue weighted by molar-refractivity contribution is 5.96. The minimum atomic E-state index is -0.508. The number of amides is 1. The minimum Gasteiger partial charge on any atom is -0.494 e. The molecule has 7 nitrogen and oxygen atoms in total. The van der Waals surface area contributed by atoms with Crippen LogP contribution in [0.3, 0.4) is 0 Å². The van der Waals surface area contributed by atoms with Crippen LogP contribution in [0.15, 0.2) is 42.5 Å². The van der Waals surface area contributed by atoms with Gasteiger partial charge in [0.1, 0.15) is 5.75 Å². The highest BCUT2D eigenvalue weighted by atomic mass is 16.6. The predicted octanol–water partition coefficient (Wildman–Crippen LogP) is 3.37. The van der Waals surface area contributed by atoms with Crippen molar-refractivity contribution in [1.82, 2.24) is 4.90 Å². The monoisotopic (exact) mass is 357 g/mol. The summed E-state index contributed by atoms with van der Waals surface area (Å²) in [5.41, 5.74) is 2.61. The normalized spacial score (nSPS) is 11.9. The first kappa shape index (κ1) is 19.4. The molecule has 0 aliphatic carbocycles. The molecule has 0 saturated carbocycles. The summed E-state index contributed by atoms with van der Waals surface area (Å²) in [5, 5.41) is 13.6. The van der Waals surface area contributed by atoms with Crippen molar-refractivity contribution in [2.45, 2.75) is 26.4 Å². The number of anilines is 1. The molecular weight excluding hydrogens is 334 g/mol. The standard InChI is InChI=1S/C19H23N3O4/c1-13-5-7-15(8-6-13)12-21(3)14(2)19(23)20-17-10-9-16(22(24)25)11-18(17)26-4/h5-11,14H,12H2,1-4H3,(H,20,23)/t14-/m1/s1. The van der Waals surface area contributed by atoms with Crippen LogP contribution in [-0.2, 0) is 11.3 Å². The third kappa shape index (κ3) is 4.80. The van der Waals surface area contributed by atoms with Gasteiger partial charge in [0.25, 0.3) is 5.69 Å². The van der Waals surface area contributed by atoms with Gasteiger partial charge in [0.15, 0.2) is 0 Å². The molecule has 0 heterocycles. The molecule has 7 heteroatoms. The van der Waals surface area contributed by atoms with Crippen LogP contribution in [0.2, 0.25) is 0 Å². The molecular formula is C19H23N3O4. The second kappa shape index (κ2) is 8.44. The van der Waals surface area contributed by atoms with E-state index in [-0.39, 0.29) is 17.3 Å². The number of hydrogen-bond acceptors (Lipinski definition) is 5. The van der Waals surface area contributed by atoms with Crippen molar-refractivity contribution in [2.75, 3.05) is 19.5 Å². The van der Waals surface area contributed by atoms with E-state index in [9.17, 15) is 14.9 Å². The molecule has 0 radical (unpaired) electrons. The van der Waals surface area contributed by atoms with E-state index in [1.54, 1.807) is 6.92 Å². The Morgan fingerprint density at radius 2 is 1.92 bits per heavy atom. The zero-order valence-corrected chi connectivity index (χ0v) is 15.4. The number of methoxy groups -OCH3 is 1. The van der Waals surface area contributed by atoms with Gasteiger partial charge < -0.3 is 10.1 Å². The van der Waals surface area contributed by atoms with E-state index in [0.29, 0.717) is 12.2 Å². The Balaban J connectivity index is 2.06. The fourth-order valence-corrected chi connectivity index (χ4v) is 2.45. The SMILES string of the molecule is COc1cc([N+](=O)[O-])ccc1NC(=O)[C@@H](C)N(C)Cc1ccc(C)cc1. The summed E-state index contributed by atoms with van der Waals surface area (Å²) in [6.45, 7) is 4.47. The molecule has 0 unspecified atom stereocenters. The average Bonchev–Trinajstić information content (AvgIpc) is 2.62. The van der Waals surface area contributed by atoms with Crippen molar-refractivity contribution < 1.29 is 14.5 Å². The molecule has 0 saturated heterocycles.